The lowest BCUT2D eigenvalue weighted by atomic mass is 10.2. The number of hydrogen-bond acceptors (Lipinski definition) is 2. The van der Waals surface area contributed by atoms with E-state index in [-0.39, 0.29) is 11.6 Å². The summed E-state index contributed by atoms with van der Waals surface area (Å²) in [5.41, 5.74) is 1.69. The quantitative estimate of drug-likeness (QED) is 0.812. The Hall–Kier alpha value is -2.17. The predicted octanol–water partition coefficient (Wildman–Crippen LogP) is 2.11. The Morgan fingerprint density at radius 1 is 1.56 bits per heavy atom. The monoisotopic (exact) mass is 219 g/mol. The molecule has 82 valence electrons. The van der Waals surface area contributed by atoms with Crippen molar-refractivity contribution in [1.82, 2.24) is 9.97 Å². The molecule has 2 aromatic rings. The van der Waals surface area contributed by atoms with Gasteiger partial charge >= 0.3 is 0 Å². The van der Waals surface area contributed by atoms with Crippen LogP contribution in [0.25, 0.3) is 0 Å². The molecule has 0 saturated carbocycles. The molecule has 0 bridgehead atoms. The number of aromatic amines is 1. The van der Waals surface area contributed by atoms with Crippen molar-refractivity contribution >= 4 is 11.6 Å². The van der Waals surface area contributed by atoms with Crippen LogP contribution in [0.15, 0.2) is 30.7 Å². The third-order valence-corrected chi connectivity index (χ3v) is 2.18. The molecule has 0 aliphatic carbocycles. The molecule has 2 aromatic heterocycles. The second-order valence-corrected chi connectivity index (χ2v) is 3.38. The third kappa shape index (κ3) is 2.08. The largest absolute Gasteiger partial charge is 0.355 e. The summed E-state index contributed by atoms with van der Waals surface area (Å²) in [6.07, 6.45) is 4.32. The molecular weight excluding hydrogens is 209 g/mol. The number of halogens is 1. The zero-order valence-electron chi connectivity index (χ0n) is 8.62. The van der Waals surface area contributed by atoms with E-state index in [1.807, 2.05) is 6.92 Å². The summed E-state index contributed by atoms with van der Waals surface area (Å²) in [5, 5.41) is 2.64. The summed E-state index contributed by atoms with van der Waals surface area (Å²) >= 11 is 0. The number of carbonyl (C=O) groups excluding carboxylic acids is 1. The van der Waals surface area contributed by atoms with Crippen molar-refractivity contribution in [3.63, 3.8) is 0 Å². The molecule has 0 aliphatic heterocycles. The van der Waals surface area contributed by atoms with Crippen LogP contribution < -0.4 is 5.32 Å². The molecule has 16 heavy (non-hydrogen) atoms. The third-order valence-electron chi connectivity index (χ3n) is 2.18. The van der Waals surface area contributed by atoms with Gasteiger partial charge < -0.3 is 10.3 Å². The number of nitrogens with one attached hydrogen (secondary N) is 2. The number of amides is 1. The first kappa shape index (κ1) is 10.4. The van der Waals surface area contributed by atoms with E-state index in [1.165, 1.54) is 0 Å². The van der Waals surface area contributed by atoms with Gasteiger partial charge in [0.1, 0.15) is 11.5 Å². The van der Waals surface area contributed by atoms with Gasteiger partial charge in [0.05, 0.1) is 11.9 Å². The van der Waals surface area contributed by atoms with Gasteiger partial charge in [-0.05, 0) is 18.6 Å². The molecule has 0 radical (unpaired) electrons. The lowest BCUT2D eigenvalue weighted by molar-refractivity contribution is 0.102. The molecule has 4 nitrogen and oxygen atoms in total. The van der Waals surface area contributed by atoms with Gasteiger partial charge in [-0.25, -0.2) is 4.39 Å². The molecule has 0 unspecified atom stereocenters. The highest BCUT2D eigenvalue weighted by Crippen LogP contribution is 2.12. The van der Waals surface area contributed by atoms with E-state index in [0.29, 0.717) is 5.69 Å². The molecular formula is C11H10FN3O. The van der Waals surface area contributed by atoms with Gasteiger partial charge in [-0.3, -0.25) is 9.78 Å². The molecule has 0 fully saturated rings. The fourth-order valence-corrected chi connectivity index (χ4v) is 1.28. The minimum absolute atomic E-state index is 0.181. The molecule has 0 aliphatic rings. The van der Waals surface area contributed by atoms with Crippen LogP contribution in [-0.2, 0) is 0 Å². The number of rotatable bonds is 2. The topological polar surface area (TPSA) is 57.8 Å². The summed E-state index contributed by atoms with van der Waals surface area (Å²) in [4.78, 5) is 18.1. The first-order valence-corrected chi connectivity index (χ1v) is 4.72. The maximum Gasteiger partial charge on any atom is 0.272 e. The van der Waals surface area contributed by atoms with Crippen molar-refractivity contribution in [2.45, 2.75) is 6.92 Å². The molecule has 0 atom stereocenters. The van der Waals surface area contributed by atoms with E-state index >= 15 is 0 Å². The van der Waals surface area contributed by atoms with Crippen LogP contribution in [0, 0.1) is 12.7 Å². The van der Waals surface area contributed by atoms with Crippen LogP contribution in [0.3, 0.4) is 0 Å². The number of H-pyrrole nitrogens is 1. The number of pyridine rings is 1. The van der Waals surface area contributed by atoms with E-state index in [1.54, 1.807) is 18.5 Å². The highest BCUT2D eigenvalue weighted by molar-refractivity contribution is 6.03. The van der Waals surface area contributed by atoms with Gasteiger partial charge in [0.25, 0.3) is 5.91 Å². The Morgan fingerprint density at radius 2 is 2.38 bits per heavy atom. The normalized spacial score (nSPS) is 10.1. The van der Waals surface area contributed by atoms with Crippen molar-refractivity contribution in [2.75, 3.05) is 5.32 Å². The van der Waals surface area contributed by atoms with Crippen LogP contribution >= 0.6 is 0 Å². The van der Waals surface area contributed by atoms with E-state index in [9.17, 15) is 9.18 Å². The number of aromatic nitrogens is 2. The number of aryl methyl sites for hydroxylation is 1. The van der Waals surface area contributed by atoms with Crippen molar-refractivity contribution in [3.05, 3.63) is 47.8 Å². The minimum Gasteiger partial charge on any atom is -0.355 e. The van der Waals surface area contributed by atoms with E-state index in [0.717, 1.165) is 17.8 Å². The van der Waals surface area contributed by atoms with Crippen LogP contribution in [0.1, 0.15) is 16.1 Å². The van der Waals surface area contributed by atoms with E-state index in [4.69, 9.17) is 0 Å². The number of anilines is 1. The van der Waals surface area contributed by atoms with E-state index < -0.39 is 5.82 Å². The molecule has 2 heterocycles. The zero-order chi connectivity index (χ0) is 11.5. The Morgan fingerprint density at radius 3 is 3.00 bits per heavy atom. The zero-order valence-corrected chi connectivity index (χ0v) is 8.62. The van der Waals surface area contributed by atoms with Gasteiger partial charge in [-0.15, -0.1) is 0 Å². The standard InChI is InChI=1S/C11H10FN3O/c1-7-2-3-13-6-10(7)15-11(16)9-4-8(12)5-14-9/h2-6,14H,1H3,(H,15,16). The van der Waals surface area contributed by atoms with Gasteiger partial charge in [0.2, 0.25) is 0 Å². The molecule has 0 saturated heterocycles. The minimum atomic E-state index is -0.465. The van der Waals surface area contributed by atoms with Crippen LogP contribution in [0.2, 0.25) is 0 Å². The lowest BCUT2D eigenvalue weighted by Crippen LogP contribution is -2.13. The fraction of sp³-hybridized carbons (Fsp3) is 0.0909. The van der Waals surface area contributed by atoms with Crippen LogP contribution in [0.4, 0.5) is 10.1 Å². The maximum atomic E-state index is 12.7. The Balaban J connectivity index is 2.17. The number of hydrogen-bond donors (Lipinski definition) is 2. The molecule has 2 N–H and O–H groups in total. The first-order chi connectivity index (χ1) is 7.66. The summed E-state index contributed by atoms with van der Waals surface area (Å²) in [6, 6.07) is 2.92. The van der Waals surface area contributed by atoms with Crippen molar-refractivity contribution < 1.29 is 9.18 Å². The van der Waals surface area contributed by atoms with Gasteiger partial charge in [-0.2, -0.15) is 0 Å². The van der Waals surface area contributed by atoms with Gasteiger partial charge in [-0.1, -0.05) is 0 Å². The fourth-order valence-electron chi connectivity index (χ4n) is 1.28. The van der Waals surface area contributed by atoms with E-state index in [2.05, 4.69) is 15.3 Å². The first-order valence-electron chi connectivity index (χ1n) is 4.72. The average Bonchev–Trinajstić information content (AvgIpc) is 2.68. The van der Waals surface area contributed by atoms with Gasteiger partial charge in [0, 0.05) is 18.5 Å². The number of carbonyl (C=O) groups is 1. The highest BCUT2D eigenvalue weighted by Gasteiger charge is 2.09. The average molecular weight is 219 g/mol. The predicted molar refractivity (Wildman–Crippen MR) is 57.7 cm³/mol. The highest BCUT2D eigenvalue weighted by atomic mass is 19.1. The van der Waals surface area contributed by atoms with Crippen molar-refractivity contribution in [1.29, 1.82) is 0 Å². The SMILES string of the molecule is Cc1ccncc1NC(=O)c1cc(F)c[nH]1. The van der Waals surface area contributed by atoms with Crippen LogP contribution in [-0.4, -0.2) is 15.9 Å². The summed E-state index contributed by atoms with van der Waals surface area (Å²) < 4.78 is 12.7. The molecule has 0 aromatic carbocycles. The molecule has 2 rings (SSSR count). The number of nitrogens with zero attached hydrogens (tertiary/aromatic N) is 1. The summed E-state index contributed by atoms with van der Waals surface area (Å²) in [6.45, 7) is 1.85. The maximum absolute atomic E-state index is 12.7. The molecule has 5 heteroatoms. The second kappa shape index (κ2) is 4.14. The Kier molecular flexibility index (Phi) is 2.68. The second-order valence-electron chi connectivity index (χ2n) is 3.38. The lowest BCUT2D eigenvalue weighted by Gasteiger charge is -2.05. The Labute approximate surface area is 91.5 Å². The molecule has 0 spiro atoms. The van der Waals surface area contributed by atoms with Gasteiger partial charge in [0.15, 0.2) is 0 Å². The van der Waals surface area contributed by atoms with Crippen molar-refractivity contribution in [3.8, 4) is 0 Å². The summed E-state index contributed by atoms with van der Waals surface area (Å²) in [5.74, 6) is -0.854. The Bertz CT molecular complexity index is 521. The van der Waals surface area contributed by atoms with Crippen molar-refractivity contribution in [2.24, 2.45) is 0 Å². The molecule has 1 amide bonds. The summed E-state index contributed by atoms with van der Waals surface area (Å²) in [7, 11) is 0. The van der Waals surface area contributed by atoms with Crippen LogP contribution in [0.5, 0.6) is 0 Å². The smallest absolute Gasteiger partial charge is 0.272 e.